The highest BCUT2D eigenvalue weighted by Gasteiger charge is 1.95. The molecule has 0 unspecified atom stereocenters. The number of allylic oxidation sites excluding steroid dienone is 7. The minimum absolute atomic E-state index is 0.714. The first-order chi connectivity index (χ1) is 14.0. The molecule has 1 aromatic carbocycles. The van der Waals surface area contributed by atoms with E-state index in [0.717, 1.165) is 12.0 Å². The molecule has 0 fully saturated rings. The normalized spacial score (nSPS) is 13.2. The average molecular weight is 393 g/mol. The van der Waals surface area contributed by atoms with Crippen molar-refractivity contribution in [2.45, 2.75) is 65.7 Å². The van der Waals surface area contributed by atoms with Crippen molar-refractivity contribution in [2.75, 3.05) is 0 Å². The number of hydrogen-bond donors (Lipinski definition) is 1. The second kappa shape index (κ2) is 15.3. The first kappa shape index (κ1) is 24.4. The van der Waals surface area contributed by atoms with Gasteiger partial charge in [-0.05, 0) is 43.4 Å². The van der Waals surface area contributed by atoms with Crippen molar-refractivity contribution in [3.8, 4) is 0 Å². The molecule has 0 saturated carbocycles. The summed E-state index contributed by atoms with van der Waals surface area (Å²) in [5, 5.41) is 8.72. The summed E-state index contributed by atoms with van der Waals surface area (Å²) in [5.41, 5.74) is 4.25. The molecule has 0 aromatic heterocycles. The van der Waals surface area contributed by atoms with Crippen LogP contribution in [0.2, 0.25) is 0 Å². The topological polar surface area (TPSA) is 37.3 Å². The van der Waals surface area contributed by atoms with Gasteiger partial charge in [0.1, 0.15) is 0 Å². The van der Waals surface area contributed by atoms with Crippen molar-refractivity contribution in [3.63, 3.8) is 0 Å². The van der Waals surface area contributed by atoms with Crippen LogP contribution >= 0.6 is 0 Å². The maximum absolute atomic E-state index is 10.6. The first-order valence-electron chi connectivity index (χ1n) is 10.7. The maximum Gasteiger partial charge on any atom is 0.328 e. The van der Waals surface area contributed by atoms with E-state index in [1.807, 2.05) is 19.1 Å². The Hall–Kier alpha value is -2.61. The Bertz CT molecular complexity index is 760. The summed E-state index contributed by atoms with van der Waals surface area (Å²) in [6.45, 7) is 6.06. The predicted octanol–water partition coefficient (Wildman–Crippen LogP) is 8.00. The first-order valence-corrected chi connectivity index (χ1v) is 10.7. The van der Waals surface area contributed by atoms with Crippen LogP contribution in [0.5, 0.6) is 0 Å². The Labute approximate surface area is 177 Å². The van der Waals surface area contributed by atoms with Crippen LogP contribution in [0.1, 0.15) is 76.8 Å². The van der Waals surface area contributed by atoms with Gasteiger partial charge in [0.05, 0.1) is 0 Å². The van der Waals surface area contributed by atoms with Gasteiger partial charge in [0, 0.05) is 6.08 Å². The second-order valence-corrected chi connectivity index (χ2v) is 7.42. The summed E-state index contributed by atoms with van der Waals surface area (Å²) < 4.78 is 0. The molecule has 2 nitrogen and oxygen atoms in total. The van der Waals surface area contributed by atoms with Crippen LogP contribution in [-0.4, -0.2) is 11.1 Å². The molecular formula is C27H36O2. The van der Waals surface area contributed by atoms with E-state index in [4.69, 9.17) is 5.11 Å². The standard InChI is InChI=1S/C27H36O2/c1-4-5-6-7-8-9-10-11-17-25-18-12-13-19-26(25)21-20-23(2)15-14-16-24(3)22-27(28)29/h11-22H,4-10H2,1-3H3,(H,28,29)/b16-14+,17-11?,21-20?,23-15+,24-22+. The quantitative estimate of drug-likeness (QED) is 0.210. The molecule has 0 aliphatic rings. The number of carbonyl (C=O) groups is 1. The van der Waals surface area contributed by atoms with Gasteiger partial charge in [0.2, 0.25) is 0 Å². The van der Waals surface area contributed by atoms with Gasteiger partial charge in [-0.1, -0.05) is 111 Å². The fourth-order valence-electron chi connectivity index (χ4n) is 2.94. The van der Waals surface area contributed by atoms with Gasteiger partial charge in [-0.2, -0.15) is 0 Å². The minimum atomic E-state index is -0.922. The molecule has 0 saturated heterocycles. The number of aliphatic carboxylic acids is 1. The molecule has 0 bridgehead atoms. The average Bonchev–Trinajstić information content (AvgIpc) is 2.68. The Morgan fingerprint density at radius 3 is 2.24 bits per heavy atom. The third-order valence-corrected chi connectivity index (χ3v) is 4.61. The van der Waals surface area contributed by atoms with Gasteiger partial charge >= 0.3 is 5.97 Å². The second-order valence-electron chi connectivity index (χ2n) is 7.42. The molecule has 2 heteroatoms. The minimum Gasteiger partial charge on any atom is -0.478 e. The van der Waals surface area contributed by atoms with E-state index in [9.17, 15) is 4.79 Å². The Kier molecular flexibility index (Phi) is 12.9. The number of carboxylic acid groups (broad SMARTS) is 1. The van der Waals surface area contributed by atoms with E-state index in [0.29, 0.717) is 5.57 Å². The molecule has 0 spiro atoms. The summed E-state index contributed by atoms with van der Waals surface area (Å²) in [5.74, 6) is -0.922. The molecule has 1 N–H and O–H groups in total. The van der Waals surface area contributed by atoms with Gasteiger partial charge in [-0.3, -0.25) is 0 Å². The fraction of sp³-hybridized carbons (Fsp3) is 0.370. The van der Waals surface area contributed by atoms with E-state index in [1.54, 1.807) is 13.0 Å². The van der Waals surface area contributed by atoms with E-state index in [1.165, 1.54) is 55.7 Å². The van der Waals surface area contributed by atoms with Crippen molar-refractivity contribution < 1.29 is 9.90 Å². The molecular weight excluding hydrogens is 356 g/mol. The van der Waals surface area contributed by atoms with Crippen molar-refractivity contribution in [1.82, 2.24) is 0 Å². The van der Waals surface area contributed by atoms with Crippen LogP contribution in [0.25, 0.3) is 12.2 Å². The van der Waals surface area contributed by atoms with Gasteiger partial charge in [-0.15, -0.1) is 0 Å². The van der Waals surface area contributed by atoms with Crippen molar-refractivity contribution in [2.24, 2.45) is 0 Å². The highest BCUT2D eigenvalue weighted by atomic mass is 16.4. The van der Waals surface area contributed by atoms with E-state index < -0.39 is 5.97 Å². The van der Waals surface area contributed by atoms with Gasteiger partial charge in [0.15, 0.2) is 0 Å². The van der Waals surface area contributed by atoms with Crippen LogP contribution in [0, 0.1) is 0 Å². The molecule has 1 rings (SSSR count). The summed E-state index contributed by atoms with van der Waals surface area (Å²) in [4.78, 5) is 10.6. The third-order valence-electron chi connectivity index (χ3n) is 4.61. The Morgan fingerprint density at radius 2 is 1.55 bits per heavy atom. The zero-order valence-electron chi connectivity index (χ0n) is 18.2. The highest BCUT2D eigenvalue weighted by Crippen LogP contribution is 2.15. The lowest BCUT2D eigenvalue weighted by Crippen LogP contribution is -1.87. The summed E-state index contributed by atoms with van der Waals surface area (Å²) in [6.07, 6.45) is 24.7. The molecule has 0 amide bonds. The molecule has 1 aromatic rings. The number of hydrogen-bond acceptors (Lipinski definition) is 1. The Morgan fingerprint density at radius 1 is 0.897 bits per heavy atom. The molecule has 0 radical (unpaired) electrons. The van der Waals surface area contributed by atoms with Crippen LogP contribution in [-0.2, 0) is 4.79 Å². The van der Waals surface area contributed by atoms with Gasteiger partial charge < -0.3 is 5.11 Å². The fourth-order valence-corrected chi connectivity index (χ4v) is 2.94. The van der Waals surface area contributed by atoms with Crippen LogP contribution < -0.4 is 0 Å². The molecule has 0 atom stereocenters. The zero-order chi connectivity index (χ0) is 21.3. The van der Waals surface area contributed by atoms with E-state index in [2.05, 4.69) is 55.5 Å². The summed E-state index contributed by atoms with van der Waals surface area (Å²) in [7, 11) is 0. The van der Waals surface area contributed by atoms with Gasteiger partial charge in [0.25, 0.3) is 0 Å². The molecule has 0 heterocycles. The highest BCUT2D eigenvalue weighted by molar-refractivity contribution is 5.81. The molecule has 0 aliphatic heterocycles. The molecule has 0 aliphatic carbocycles. The lowest BCUT2D eigenvalue weighted by molar-refractivity contribution is -0.131. The Balaban J connectivity index is 2.60. The lowest BCUT2D eigenvalue weighted by atomic mass is 10.0. The molecule has 156 valence electrons. The lowest BCUT2D eigenvalue weighted by Gasteiger charge is -2.01. The summed E-state index contributed by atoms with van der Waals surface area (Å²) in [6, 6.07) is 8.41. The van der Waals surface area contributed by atoms with Crippen LogP contribution in [0.15, 0.2) is 71.9 Å². The van der Waals surface area contributed by atoms with Crippen LogP contribution in [0.4, 0.5) is 0 Å². The van der Waals surface area contributed by atoms with Gasteiger partial charge in [-0.25, -0.2) is 4.79 Å². The summed E-state index contributed by atoms with van der Waals surface area (Å²) >= 11 is 0. The van der Waals surface area contributed by atoms with Crippen molar-refractivity contribution >= 4 is 18.1 Å². The predicted molar refractivity (Wildman–Crippen MR) is 127 cm³/mol. The maximum atomic E-state index is 10.6. The zero-order valence-corrected chi connectivity index (χ0v) is 18.2. The van der Waals surface area contributed by atoms with Crippen LogP contribution in [0.3, 0.4) is 0 Å². The number of benzene rings is 1. The molecule has 29 heavy (non-hydrogen) atoms. The number of unbranched alkanes of at least 4 members (excludes halogenated alkanes) is 6. The number of carboxylic acids is 1. The third kappa shape index (κ3) is 12.5. The smallest absolute Gasteiger partial charge is 0.328 e. The van der Waals surface area contributed by atoms with E-state index in [-0.39, 0.29) is 0 Å². The van der Waals surface area contributed by atoms with E-state index >= 15 is 0 Å². The van der Waals surface area contributed by atoms with Crippen molar-refractivity contribution in [1.29, 1.82) is 0 Å². The monoisotopic (exact) mass is 392 g/mol. The SMILES string of the molecule is CCCCCCCCC=Cc1ccccc1C=C/C(C)=C/C=C/C(C)=C/C(=O)O. The van der Waals surface area contributed by atoms with Crippen molar-refractivity contribution in [3.05, 3.63) is 83.0 Å². The largest absolute Gasteiger partial charge is 0.478 e. The number of rotatable bonds is 13.